The van der Waals surface area contributed by atoms with Crippen LogP contribution in [0.4, 0.5) is 0 Å². The highest BCUT2D eigenvalue weighted by Gasteiger charge is 2.37. The molecule has 0 unspecified atom stereocenters. The minimum absolute atomic E-state index is 0.125. The Morgan fingerprint density at radius 2 is 1.04 bits per heavy atom. The summed E-state index contributed by atoms with van der Waals surface area (Å²) in [6.45, 7) is 4.62. The molecule has 0 saturated heterocycles. The van der Waals surface area contributed by atoms with Crippen LogP contribution in [0, 0.1) is 0 Å². The fraction of sp³-hybridized carbons (Fsp3) is 0.0652. The summed E-state index contributed by atoms with van der Waals surface area (Å²) in [4.78, 5) is 15.8. The van der Waals surface area contributed by atoms with Crippen LogP contribution in [0.3, 0.4) is 0 Å². The molecular formula is C46H31N3S. The first kappa shape index (κ1) is 29.0. The molecule has 50 heavy (non-hydrogen) atoms. The maximum atomic E-state index is 5.31. The fourth-order valence-electron chi connectivity index (χ4n) is 7.83. The number of fused-ring (bicyclic) bond motifs is 7. The lowest BCUT2D eigenvalue weighted by atomic mass is 9.82. The van der Waals surface area contributed by atoms with Crippen molar-refractivity contribution in [3.8, 4) is 56.4 Å². The number of thiophene rings is 1. The summed E-state index contributed by atoms with van der Waals surface area (Å²) in [6.07, 6.45) is 0. The van der Waals surface area contributed by atoms with Crippen LogP contribution in [-0.2, 0) is 5.41 Å². The summed E-state index contributed by atoms with van der Waals surface area (Å²) in [7, 11) is 0. The molecular weight excluding hydrogens is 627 g/mol. The minimum Gasteiger partial charge on any atom is -0.208 e. The molecule has 0 amide bonds. The van der Waals surface area contributed by atoms with E-state index in [9.17, 15) is 0 Å². The number of nitrogens with zero attached hydrogens (tertiary/aromatic N) is 3. The molecule has 4 heteroatoms. The van der Waals surface area contributed by atoms with Crippen molar-refractivity contribution in [2.45, 2.75) is 19.3 Å². The molecule has 2 aromatic heterocycles. The van der Waals surface area contributed by atoms with Crippen molar-refractivity contribution in [2.24, 2.45) is 0 Å². The molecule has 0 atom stereocenters. The molecule has 0 N–H and O–H groups in total. The van der Waals surface area contributed by atoms with E-state index < -0.39 is 0 Å². The summed E-state index contributed by atoms with van der Waals surface area (Å²) >= 11 is 1.81. The average Bonchev–Trinajstić information content (AvgIpc) is 3.67. The molecule has 1 aliphatic carbocycles. The Kier molecular flexibility index (Phi) is 6.39. The van der Waals surface area contributed by atoms with Gasteiger partial charge in [-0.3, -0.25) is 0 Å². The molecule has 0 spiro atoms. The van der Waals surface area contributed by atoms with E-state index in [0.717, 1.165) is 22.3 Å². The van der Waals surface area contributed by atoms with Crippen molar-refractivity contribution < 1.29 is 0 Å². The highest BCUT2D eigenvalue weighted by molar-refractivity contribution is 7.25. The van der Waals surface area contributed by atoms with Gasteiger partial charge in [-0.1, -0.05) is 147 Å². The highest BCUT2D eigenvalue weighted by atomic mass is 32.1. The van der Waals surface area contributed by atoms with Gasteiger partial charge in [0.1, 0.15) is 0 Å². The molecule has 9 aromatic rings. The van der Waals surface area contributed by atoms with Gasteiger partial charge in [-0.25, -0.2) is 15.0 Å². The van der Waals surface area contributed by atoms with Crippen molar-refractivity contribution in [3.63, 3.8) is 0 Å². The summed E-state index contributed by atoms with van der Waals surface area (Å²) < 4.78 is 2.48. The fourth-order valence-corrected chi connectivity index (χ4v) is 8.96. The summed E-state index contributed by atoms with van der Waals surface area (Å²) in [6, 6.07) is 54.2. The largest absolute Gasteiger partial charge is 0.208 e. The van der Waals surface area contributed by atoms with Gasteiger partial charge in [-0.2, -0.15) is 0 Å². The van der Waals surface area contributed by atoms with Crippen LogP contribution in [0.15, 0.2) is 152 Å². The number of benzene rings is 7. The summed E-state index contributed by atoms with van der Waals surface area (Å²) in [5.74, 6) is 2.03. The molecule has 0 saturated carbocycles. The Hall–Kier alpha value is -5.97. The SMILES string of the molecule is CC1(C)c2ccccc2-c2c(-c3nc(-c4ccc(-c5ccc6ccccc6c5)cc4)nc(-c4cccc5sc6ccccc6c45)n3)cccc21. The van der Waals surface area contributed by atoms with Crippen LogP contribution >= 0.6 is 11.3 Å². The lowest BCUT2D eigenvalue weighted by Gasteiger charge is -2.21. The second-order valence-corrected chi connectivity index (χ2v) is 14.7. The van der Waals surface area contributed by atoms with E-state index in [2.05, 4.69) is 166 Å². The zero-order valence-electron chi connectivity index (χ0n) is 27.7. The van der Waals surface area contributed by atoms with E-state index in [1.165, 1.54) is 58.8 Å². The normalized spacial score (nSPS) is 13.2. The van der Waals surface area contributed by atoms with Gasteiger partial charge in [0, 0.05) is 42.3 Å². The van der Waals surface area contributed by atoms with E-state index in [4.69, 9.17) is 15.0 Å². The Bertz CT molecular complexity index is 2790. The van der Waals surface area contributed by atoms with Crippen molar-refractivity contribution in [1.29, 1.82) is 0 Å². The van der Waals surface area contributed by atoms with Crippen LogP contribution in [0.5, 0.6) is 0 Å². The van der Waals surface area contributed by atoms with Gasteiger partial charge >= 0.3 is 0 Å². The Balaban J connectivity index is 1.18. The van der Waals surface area contributed by atoms with Gasteiger partial charge in [0.05, 0.1) is 0 Å². The van der Waals surface area contributed by atoms with E-state index in [-0.39, 0.29) is 5.41 Å². The summed E-state index contributed by atoms with van der Waals surface area (Å²) in [5.41, 5.74) is 10.3. The smallest absolute Gasteiger partial charge is 0.164 e. The predicted octanol–water partition coefficient (Wildman–Crippen LogP) is 12.4. The number of aromatic nitrogens is 3. The van der Waals surface area contributed by atoms with E-state index in [1.54, 1.807) is 0 Å². The zero-order valence-corrected chi connectivity index (χ0v) is 28.5. The first-order valence-electron chi connectivity index (χ1n) is 17.0. The second-order valence-electron chi connectivity index (χ2n) is 13.6. The lowest BCUT2D eigenvalue weighted by molar-refractivity contribution is 0.660. The van der Waals surface area contributed by atoms with Gasteiger partial charge in [0.25, 0.3) is 0 Å². The maximum absolute atomic E-state index is 5.31. The van der Waals surface area contributed by atoms with Crippen molar-refractivity contribution in [1.82, 2.24) is 15.0 Å². The van der Waals surface area contributed by atoms with Gasteiger partial charge in [0.2, 0.25) is 0 Å². The van der Waals surface area contributed by atoms with E-state index in [0.29, 0.717) is 17.5 Å². The molecule has 0 radical (unpaired) electrons. The van der Waals surface area contributed by atoms with Gasteiger partial charge in [-0.05, 0) is 62.4 Å². The molecule has 0 fully saturated rings. The molecule has 7 aromatic carbocycles. The van der Waals surface area contributed by atoms with Crippen LogP contribution in [0.25, 0.3) is 87.4 Å². The Morgan fingerprint density at radius 3 is 1.92 bits per heavy atom. The average molecular weight is 658 g/mol. The third-order valence-corrected chi connectivity index (χ3v) is 11.5. The monoisotopic (exact) mass is 657 g/mol. The third-order valence-electron chi connectivity index (χ3n) is 10.4. The van der Waals surface area contributed by atoms with E-state index >= 15 is 0 Å². The predicted molar refractivity (Wildman–Crippen MR) is 210 cm³/mol. The molecule has 236 valence electrons. The maximum Gasteiger partial charge on any atom is 0.164 e. The molecule has 3 nitrogen and oxygen atoms in total. The quantitative estimate of drug-likeness (QED) is 0.189. The topological polar surface area (TPSA) is 38.7 Å². The molecule has 1 aliphatic rings. The van der Waals surface area contributed by atoms with Gasteiger partial charge in [0.15, 0.2) is 17.5 Å². The zero-order chi connectivity index (χ0) is 33.4. The standard InChI is InChI=1S/C46H31N3S/c1-46(2)37-17-7-5-13-33(37)41-35(15-9-18-38(41)46)44-47-43(30-24-21-29(22-25-30)32-26-23-28-11-3-4-12-31(28)27-32)48-45(49-44)36-16-10-20-40-42(36)34-14-6-8-19-39(34)50-40/h3-27H,1-2H3. The third kappa shape index (κ3) is 4.45. The second kappa shape index (κ2) is 11.0. The lowest BCUT2D eigenvalue weighted by Crippen LogP contribution is -2.14. The first-order chi connectivity index (χ1) is 24.5. The van der Waals surface area contributed by atoms with Crippen molar-refractivity contribution >= 4 is 42.3 Å². The van der Waals surface area contributed by atoms with Crippen LogP contribution in [-0.4, -0.2) is 15.0 Å². The molecule has 0 bridgehead atoms. The molecule has 0 aliphatic heterocycles. The number of hydrogen-bond acceptors (Lipinski definition) is 4. The number of rotatable bonds is 4. The Morgan fingerprint density at radius 1 is 0.440 bits per heavy atom. The van der Waals surface area contributed by atoms with Gasteiger partial charge < -0.3 is 0 Å². The minimum atomic E-state index is -0.125. The molecule has 2 heterocycles. The van der Waals surface area contributed by atoms with E-state index in [1.807, 2.05) is 11.3 Å². The van der Waals surface area contributed by atoms with Crippen molar-refractivity contribution in [2.75, 3.05) is 0 Å². The Labute approximate surface area is 294 Å². The van der Waals surface area contributed by atoms with Crippen LogP contribution < -0.4 is 0 Å². The first-order valence-corrected chi connectivity index (χ1v) is 17.8. The van der Waals surface area contributed by atoms with Crippen LogP contribution in [0.2, 0.25) is 0 Å². The van der Waals surface area contributed by atoms with Crippen molar-refractivity contribution in [3.05, 3.63) is 163 Å². The van der Waals surface area contributed by atoms with Gasteiger partial charge in [-0.15, -0.1) is 11.3 Å². The summed E-state index contributed by atoms with van der Waals surface area (Å²) in [5, 5.41) is 4.89. The number of hydrogen-bond donors (Lipinski definition) is 0. The molecule has 10 rings (SSSR count). The highest BCUT2D eigenvalue weighted by Crippen LogP contribution is 2.51. The van der Waals surface area contributed by atoms with Crippen LogP contribution in [0.1, 0.15) is 25.0 Å².